The lowest BCUT2D eigenvalue weighted by Crippen LogP contribution is -2.27. The normalized spacial score (nSPS) is 12.1. The topological polar surface area (TPSA) is 12.4 Å². The van der Waals surface area contributed by atoms with Gasteiger partial charge in [0.2, 0.25) is 0 Å². The van der Waals surface area contributed by atoms with Crippen molar-refractivity contribution in [3.63, 3.8) is 0 Å². The summed E-state index contributed by atoms with van der Waals surface area (Å²) in [7, 11) is 0. The highest BCUT2D eigenvalue weighted by atomic mass is 14.8. The third kappa shape index (κ3) is 2.13. The van der Waals surface area contributed by atoms with E-state index < -0.39 is 0 Å². The average Bonchev–Trinajstić information content (AvgIpc) is 1.90. The van der Waals surface area contributed by atoms with E-state index in [1.165, 1.54) is 12.8 Å². The van der Waals surface area contributed by atoms with Crippen molar-refractivity contribution in [3.05, 3.63) is 0 Å². The lowest BCUT2D eigenvalue weighted by atomic mass is 9.84. The molecular formula is C9H19N. The van der Waals surface area contributed by atoms with Crippen LogP contribution in [-0.2, 0) is 0 Å². The second-order valence-corrected chi connectivity index (χ2v) is 3.33. The Labute approximate surface area is 64.6 Å². The Balaban J connectivity index is 4.10. The van der Waals surface area contributed by atoms with E-state index in [-0.39, 0.29) is 5.54 Å². The first kappa shape index (κ1) is 9.67. The van der Waals surface area contributed by atoms with E-state index in [2.05, 4.69) is 39.4 Å². The molecule has 0 aliphatic rings. The fourth-order valence-corrected chi connectivity index (χ4v) is 1.42. The molecule has 0 unspecified atom stereocenters. The van der Waals surface area contributed by atoms with Crippen molar-refractivity contribution in [2.45, 2.75) is 46.1 Å². The Bertz CT molecular complexity index is 101. The van der Waals surface area contributed by atoms with Gasteiger partial charge >= 0.3 is 0 Å². The third-order valence-corrected chi connectivity index (χ3v) is 2.39. The van der Waals surface area contributed by atoms with Crippen molar-refractivity contribution in [2.24, 2.45) is 10.9 Å². The summed E-state index contributed by atoms with van der Waals surface area (Å²) in [5.74, 6) is 0.685. The highest BCUT2D eigenvalue weighted by molar-refractivity contribution is 5.25. The molecule has 0 saturated heterocycles. The first-order valence-corrected chi connectivity index (χ1v) is 4.06. The van der Waals surface area contributed by atoms with Crippen LogP contribution in [0, 0.1) is 5.92 Å². The van der Waals surface area contributed by atoms with Crippen molar-refractivity contribution in [3.8, 4) is 0 Å². The molecular weight excluding hydrogens is 122 g/mol. The van der Waals surface area contributed by atoms with Gasteiger partial charge in [-0.15, -0.1) is 0 Å². The minimum Gasteiger partial charge on any atom is -0.295 e. The number of rotatable bonds is 4. The number of aliphatic imine (C=N–C) groups is 1. The maximum absolute atomic E-state index is 4.11. The highest BCUT2D eigenvalue weighted by Gasteiger charge is 2.24. The minimum absolute atomic E-state index is 0.0729. The highest BCUT2D eigenvalue weighted by Crippen LogP contribution is 2.26. The summed E-state index contributed by atoms with van der Waals surface area (Å²) < 4.78 is 0. The van der Waals surface area contributed by atoms with Crippen LogP contribution in [0.2, 0.25) is 0 Å². The molecule has 0 bridgehead atoms. The smallest absolute Gasteiger partial charge is 0.0572 e. The standard InChI is InChI=1S/C9H19N/c1-6-8(7-2)9(3,4)10-5/h8H,5-7H2,1-4H3. The van der Waals surface area contributed by atoms with Gasteiger partial charge in [-0.1, -0.05) is 26.7 Å². The summed E-state index contributed by atoms with van der Waals surface area (Å²) in [4.78, 5) is 4.11. The average molecular weight is 141 g/mol. The first-order chi connectivity index (χ1) is 4.58. The largest absolute Gasteiger partial charge is 0.295 e. The van der Waals surface area contributed by atoms with Gasteiger partial charge in [-0.25, -0.2) is 0 Å². The van der Waals surface area contributed by atoms with Crippen LogP contribution in [0.1, 0.15) is 40.5 Å². The molecule has 0 radical (unpaired) electrons. The van der Waals surface area contributed by atoms with Gasteiger partial charge < -0.3 is 0 Å². The van der Waals surface area contributed by atoms with E-state index >= 15 is 0 Å². The van der Waals surface area contributed by atoms with E-state index in [4.69, 9.17) is 0 Å². The lowest BCUT2D eigenvalue weighted by Gasteiger charge is -2.28. The molecule has 1 heteroatoms. The molecule has 0 saturated carbocycles. The molecule has 10 heavy (non-hydrogen) atoms. The maximum Gasteiger partial charge on any atom is 0.0572 e. The molecule has 0 aromatic heterocycles. The van der Waals surface area contributed by atoms with Gasteiger partial charge in [-0.05, 0) is 26.5 Å². The summed E-state index contributed by atoms with van der Waals surface area (Å²) in [6.45, 7) is 12.3. The van der Waals surface area contributed by atoms with E-state index in [0.29, 0.717) is 5.92 Å². The van der Waals surface area contributed by atoms with Crippen molar-refractivity contribution in [2.75, 3.05) is 0 Å². The molecule has 0 spiro atoms. The van der Waals surface area contributed by atoms with Gasteiger partial charge in [-0.2, -0.15) is 0 Å². The first-order valence-electron chi connectivity index (χ1n) is 4.06. The predicted octanol–water partition coefficient (Wildman–Crippen LogP) is 2.90. The maximum atomic E-state index is 4.11. The SMILES string of the molecule is C=NC(C)(C)C(CC)CC. The Kier molecular flexibility index (Phi) is 3.62. The molecule has 0 aliphatic carbocycles. The molecule has 0 atom stereocenters. The zero-order chi connectivity index (χ0) is 8.20. The van der Waals surface area contributed by atoms with Gasteiger partial charge in [0.1, 0.15) is 0 Å². The molecule has 0 heterocycles. The van der Waals surface area contributed by atoms with E-state index in [1.807, 2.05) is 0 Å². The molecule has 1 nitrogen and oxygen atoms in total. The zero-order valence-electron chi connectivity index (χ0n) is 7.65. The third-order valence-electron chi connectivity index (χ3n) is 2.39. The molecule has 0 aliphatic heterocycles. The van der Waals surface area contributed by atoms with E-state index in [0.717, 1.165) is 0 Å². The van der Waals surface area contributed by atoms with Crippen LogP contribution in [0.3, 0.4) is 0 Å². The Morgan fingerprint density at radius 2 is 1.70 bits per heavy atom. The van der Waals surface area contributed by atoms with Crippen LogP contribution in [0.4, 0.5) is 0 Å². The second-order valence-electron chi connectivity index (χ2n) is 3.33. The molecule has 0 N–H and O–H groups in total. The summed E-state index contributed by atoms with van der Waals surface area (Å²) in [6, 6.07) is 0. The predicted molar refractivity (Wildman–Crippen MR) is 47.7 cm³/mol. The second kappa shape index (κ2) is 3.75. The molecule has 0 aromatic carbocycles. The van der Waals surface area contributed by atoms with Crippen LogP contribution >= 0.6 is 0 Å². The Morgan fingerprint density at radius 1 is 1.30 bits per heavy atom. The van der Waals surface area contributed by atoms with Gasteiger partial charge in [0, 0.05) is 0 Å². The zero-order valence-corrected chi connectivity index (χ0v) is 7.65. The van der Waals surface area contributed by atoms with Crippen molar-refractivity contribution in [1.82, 2.24) is 0 Å². The Morgan fingerprint density at radius 3 is 1.80 bits per heavy atom. The van der Waals surface area contributed by atoms with Crippen molar-refractivity contribution < 1.29 is 0 Å². The summed E-state index contributed by atoms with van der Waals surface area (Å²) in [6.07, 6.45) is 2.39. The molecule has 60 valence electrons. The number of hydrogen-bond acceptors (Lipinski definition) is 1. The minimum atomic E-state index is 0.0729. The van der Waals surface area contributed by atoms with Crippen LogP contribution in [0.5, 0.6) is 0 Å². The van der Waals surface area contributed by atoms with Crippen molar-refractivity contribution >= 4 is 6.72 Å². The summed E-state index contributed by atoms with van der Waals surface area (Å²) >= 11 is 0. The molecule has 0 aromatic rings. The van der Waals surface area contributed by atoms with Crippen LogP contribution in [-0.4, -0.2) is 12.3 Å². The van der Waals surface area contributed by atoms with Gasteiger partial charge in [0.05, 0.1) is 5.54 Å². The molecule has 0 fully saturated rings. The monoisotopic (exact) mass is 141 g/mol. The molecule has 0 amide bonds. The van der Waals surface area contributed by atoms with E-state index in [9.17, 15) is 0 Å². The number of nitrogens with zero attached hydrogens (tertiary/aromatic N) is 1. The summed E-state index contributed by atoms with van der Waals surface area (Å²) in [5, 5.41) is 0. The molecule has 0 rings (SSSR count). The van der Waals surface area contributed by atoms with Crippen LogP contribution in [0.25, 0.3) is 0 Å². The summed E-state index contributed by atoms with van der Waals surface area (Å²) in [5.41, 5.74) is 0.0729. The quantitative estimate of drug-likeness (QED) is 0.534. The Hall–Kier alpha value is -0.330. The van der Waals surface area contributed by atoms with Crippen LogP contribution in [0.15, 0.2) is 4.99 Å². The van der Waals surface area contributed by atoms with Gasteiger partial charge in [0.15, 0.2) is 0 Å². The van der Waals surface area contributed by atoms with Crippen LogP contribution < -0.4 is 0 Å². The lowest BCUT2D eigenvalue weighted by molar-refractivity contribution is 0.307. The van der Waals surface area contributed by atoms with Crippen molar-refractivity contribution in [1.29, 1.82) is 0 Å². The fourth-order valence-electron chi connectivity index (χ4n) is 1.42. The fraction of sp³-hybridized carbons (Fsp3) is 0.889. The van der Waals surface area contributed by atoms with Gasteiger partial charge in [-0.3, -0.25) is 4.99 Å². The number of hydrogen-bond donors (Lipinski definition) is 0. The van der Waals surface area contributed by atoms with E-state index in [1.54, 1.807) is 0 Å². The van der Waals surface area contributed by atoms with Gasteiger partial charge in [0.25, 0.3) is 0 Å².